The molecule has 6 heteroatoms. The van der Waals surface area contributed by atoms with E-state index in [1.807, 2.05) is 6.92 Å². The molecule has 0 unspecified atom stereocenters. The Labute approximate surface area is 138 Å². The van der Waals surface area contributed by atoms with Gasteiger partial charge in [-0.3, -0.25) is 0 Å². The minimum Gasteiger partial charge on any atom is -0.507 e. The predicted octanol–water partition coefficient (Wildman–Crippen LogP) is 2.96. The van der Waals surface area contributed by atoms with Crippen LogP contribution in [0.1, 0.15) is 49.9 Å². The number of phenols is 2. The van der Waals surface area contributed by atoms with E-state index in [1.165, 1.54) is 12.1 Å². The highest BCUT2D eigenvalue weighted by atomic mass is 16.4. The molecule has 0 radical (unpaired) electrons. The lowest BCUT2D eigenvalue weighted by molar-refractivity contribution is 0.0682. The highest BCUT2D eigenvalue weighted by molar-refractivity contribution is 5.92. The Bertz CT molecular complexity index is 823. The molecule has 0 aliphatic heterocycles. The van der Waals surface area contributed by atoms with Crippen LogP contribution in [0.15, 0.2) is 24.3 Å². The van der Waals surface area contributed by atoms with E-state index in [2.05, 4.69) is 0 Å². The molecule has 0 saturated carbocycles. The summed E-state index contributed by atoms with van der Waals surface area (Å²) in [5.74, 6) is -3.26. The Kier molecular flexibility index (Phi) is 4.78. The Hall–Kier alpha value is -3.02. The zero-order chi connectivity index (χ0) is 18.0. The molecule has 0 bridgehead atoms. The number of carboxylic acids is 2. The van der Waals surface area contributed by atoms with E-state index >= 15 is 0 Å². The summed E-state index contributed by atoms with van der Waals surface area (Å²) in [6, 6.07) is 6.02. The first-order chi connectivity index (χ1) is 11.2. The molecule has 0 aliphatic rings. The zero-order valence-electron chi connectivity index (χ0n) is 13.3. The van der Waals surface area contributed by atoms with Crippen molar-refractivity contribution < 1.29 is 30.0 Å². The van der Waals surface area contributed by atoms with Gasteiger partial charge in [-0.25, -0.2) is 9.59 Å². The monoisotopic (exact) mass is 330 g/mol. The van der Waals surface area contributed by atoms with E-state index in [-0.39, 0.29) is 29.0 Å². The van der Waals surface area contributed by atoms with E-state index in [1.54, 1.807) is 19.1 Å². The molecule has 126 valence electrons. The van der Waals surface area contributed by atoms with Gasteiger partial charge in [0.1, 0.15) is 22.6 Å². The number of rotatable bonds is 5. The van der Waals surface area contributed by atoms with Crippen LogP contribution in [0.25, 0.3) is 0 Å². The van der Waals surface area contributed by atoms with Crippen molar-refractivity contribution in [1.29, 1.82) is 0 Å². The number of carboxylic acid groups (broad SMARTS) is 2. The highest BCUT2D eigenvalue weighted by Gasteiger charge is 2.19. The summed E-state index contributed by atoms with van der Waals surface area (Å²) >= 11 is 0. The van der Waals surface area contributed by atoms with E-state index in [9.17, 15) is 24.9 Å². The fourth-order valence-corrected chi connectivity index (χ4v) is 2.62. The zero-order valence-corrected chi connectivity index (χ0v) is 13.3. The van der Waals surface area contributed by atoms with E-state index in [4.69, 9.17) is 5.11 Å². The van der Waals surface area contributed by atoms with Crippen LogP contribution in [0.3, 0.4) is 0 Å². The Balaban J connectivity index is 2.58. The van der Waals surface area contributed by atoms with Crippen LogP contribution in [0, 0.1) is 6.92 Å². The molecule has 0 heterocycles. The van der Waals surface area contributed by atoms with Gasteiger partial charge in [0, 0.05) is 6.42 Å². The van der Waals surface area contributed by atoms with Gasteiger partial charge in [0.15, 0.2) is 0 Å². The summed E-state index contributed by atoms with van der Waals surface area (Å²) in [6.45, 7) is 3.55. The first-order valence-electron chi connectivity index (χ1n) is 7.38. The molecule has 2 aromatic rings. The van der Waals surface area contributed by atoms with Gasteiger partial charge in [0.25, 0.3) is 0 Å². The minimum absolute atomic E-state index is 0.0216. The van der Waals surface area contributed by atoms with Crippen LogP contribution in [0.4, 0.5) is 0 Å². The summed E-state index contributed by atoms with van der Waals surface area (Å²) in [5, 5.41) is 38.7. The second-order valence-corrected chi connectivity index (χ2v) is 5.61. The average Bonchev–Trinajstić information content (AvgIpc) is 2.51. The van der Waals surface area contributed by atoms with Crippen LogP contribution >= 0.6 is 0 Å². The van der Waals surface area contributed by atoms with Crippen molar-refractivity contribution >= 4 is 11.9 Å². The minimum atomic E-state index is -1.25. The number of hydrogen-bond donors (Lipinski definition) is 4. The first kappa shape index (κ1) is 17.3. The summed E-state index contributed by atoms with van der Waals surface area (Å²) in [4.78, 5) is 22.5. The maximum Gasteiger partial charge on any atom is 0.339 e. The van der Waals surface area contributed by atoms with Gasteiger partial charge in [-0.15, -0.1) is 0 Å². The molecule has 24 heavy (non-hydrogen) atoms. The van der Waals surface area contributed by atoms with Gasteiger partial charge in [0.05, 0.1) is 0 Å². The Morgan fingerprint density at radius 1 is 0.875 bits per heavy atom. The van der Waals surface area contributed by atoms with Crippen molar-refractivity contribution in [1.82, 2.24) is 0 Å². The summed E-state index contributed by atoms with van der Waals surface area (Å²) in [7, 11) is 0. The molecule has 0 spiro atoms. The summed E-state index contributed by atoms with van der Waals surface area (Å²) < 4.78 is 0. The van der Waals surface area contributed by atoms with Crippen molar-refractivity contribution in [2.75, 3.05) is 0 Å². The maximum absolute atomic E-state index is 11.3. The smallest absolute Gasteiger partial charge is 0.339 e. The molecule has 4 N–H and O–H groups in total. The summed E-state index contributed by atoms with van der Waals surface area (Å²) in [5.41, 5.74) is 1.57. The lowest BCUT2D eigenvalue weighted by atomic mass is 9.94. The molecule has 6 nitrogen and oxygen atoms in total. The predicted molar refractivity (Wildman–Crippen MR) is 87.1 cm³/mol. The third-order valence-corrected chi connectivity index (χ3v) is 3.83. The third kappa shape index (κ3) is 3.32. The van der Waals surface area contributed by atoms with Gasteiger partial charge in [-0.1, -0.05) is 19.1 Å². The molecule has 2 aromatic carbocycles. The number of hydrogen-bond acceptors (Lipinski definition) is 4. The second-order valence-electron chi connectivity index (χ2n) is 5.61. The lowest BCUT2D eigenvalue weighted by Crippen LogP contribution is -2.04. The van der Waals surface area contributed by atoms with Crippen molar-refractivity contribution in [2.45, 2.75) is 26.7 Å². The largest absolute Gasteiger partial charge is 0.507 e. The maximum atomic E-state index is 11.3. The van der Waals surface area contributed by atoms with E-state index in [0.717, 1.165) is 5.56 Å². The molecular weight excluding hydrogens is 312 g/mol. The van der Waals surface area contributed by atoms with Gasteiger partial charge >= 0.3 is 11.9 Å². The first-order valence-corrected chi connectivity index (χ1v) is 7.38. The fraction of sp³-hybridized carbons (Fsp3) is 0.222. The van der Waals surface area contributed by atoms with E-state index in [0.29, 0.717) is 23.1 Å². The molecular formula is C18H18O6. The SMILES string of the molecule is CCc1cc(Cc2cc(C)cc(C(=O)O)c2O)c(O)c(C(=O)O)c1. The topological polar surface area (TPSA) is 115 Å². The normalized spacial score (nSPS) is 10.6. The Morgan fingerprint density at radius 3 is 1.88 bits per heavy atom. The quantitative estimate of drug-likeness (QED) is 0.670. The number of benzene rings is 2. The van der Waals surface area contributed by atoms with Crippen LogP contribution in [-0.2, 0) is 12.8 Å². The third-order valence-electron chi connectivity index (χ3n) is 3.83. The fourth-order valence-electron chi connectivity index (χ4n) is 2.62. The van der Waals surface area contributed by atoms with Gasteiger partial charge in [0.2, 0.25) is 0 Å². The number of aryl methyl sites for hydroxylation is 2. The van der Waals surface area contributed by atoms with Crippen LogP contribution in [0.2, 0.25) is 0 Å². The summed E-state index contributed by atoms with van der Waals surface area (Å²) in [6.07, 6.45) is 0.599. The van der Waals surface area contributed by atoms with Crippen molar-refractivity contribution in [3.63, 3.8) is 0 Å². The molecule has 0 amide bonds. The van der Waals surface area contributed by atoms with Crippen molar-refractivity contribution in [3.8, 4) is 11.5 Å². The van der Waals surface area contributed by atoms with Crippen LogP contribution < -0.4 is 0 Å². The Morgan fingerprint density at radius 2 is 1.38 bits per heavy atom. The molecule has 0 aromatic heterocycles. The van der Waals surface area contributed by atoms with Gasteiger partial charge < -0.3 is 20.4 Å². The van der Waals surface area contributed by atoms with Gasteiger partial charge in [-0.05, 0) is 47.7 Å². The molecule has 0 aliphatic carbocycles. The van der Waals surface area contributed by atoms with Gasteiger partial charge in [-0.2, -0.15) is 0 Å². The van der Waals surface area contributed by atoms with Crippen LogP contribution in [-0.4, -0.2) is 32.4 Å². The highest BCUT2D eigenvalue weighted by Crippen LogP contribution is 2.32. The molecule has 0 saturated heterocycles. The van der Waals surface area contributed by atoms with Crippen molar-refractivity contribution in [3.05, 3.63) is 57.6 Å². The molecule has 2 rings (SSSR count). The molecule has 0 fully saturated rings. The van der Waals surface area contributed by atoms with Crippen molar-refractivity contribution in [2.24, 2.45) is 0 Å². The second kappa shape index (κ2) is 6.62. The number of aromatic carboxylic acids is 2. The van der Waals surface area contributed by atoms with E-state index < -0.39 is 11.9 Å². The lowest BCUT2D eigenvalue weighted by Gasteiger charge is -2.13. The standard InChI is InChI=1S/C18H18O6/c1-3-10-6-12(16(20)14(7-10)18(23)24)8-11-4-9(2)5-13(15(11)19)17(21)22/h4-7,19-20H,3,8H2,1-2H3,(H,21,22)(H,23,24). The number of aromatic hydroxyl groups is 2. The van der Waals surface area contributed by atoms with Crippen LogP contribution in [0.5, 0.6) is 11.5 Å². The number of carbonyl (C=O) groups is 2. The molecule has 0 atom stereocenters. The average molecular weight is 330 g/mol.